The number of rotatable bonds is 5. The van der Waals surface area contributed by atoms with Crippen molar-refractivity contribution in [2.24, 2.45) is 0 Å². The highest BCUT2D eigenvalue weighted by Gasteiger charge is 2.21. The lowest BCUT2D eigenvalue weighted by Gasteiger charge is -2.13. The molecule has 2 aromatic carbocycles. The number of carboxylic acids is 1. The molecule has 0 bridgehead atoms. The normalized spacial score (nSPS) is 11.0. The number of nitrogens with one attached hydrogen (secondary N) is 1. The molecule has 0 aliphatic carbocycles. The second-order valence-corrected chi connectivity index (χ2v) is 6.45. The third-order valence-electron chi connectivity index (χ3n) is 3.10. The molecule has 2 rings (SSSR count). The van der Waals surface area contributed by atoms with Crippen molar-refractivity contribution in [2.75, 3.05) is 11.8 Å². The molecular weight excluding hydrogens is 322 g/mol. The van der Waals surface area contributed by atoms with E-state index in [9.17, 15) is 18.3 Å². The quantitative estimate of drug-likeness (QED) is 0.721. The predicted molar refractivity (Wildman–Crippen MR) is 83.6 cm³/mol. The van der Waals surface area contributed by atoms with E-state index in [0.717, 1.165) is 11.6 Å². The highest BCUT2D eigenvalue weighted by atomic mass is 32.2. The maximum Gasteiger partial charge on any atom is 0.335 e. The summed E-state index contributed by atoms with van der Waals surface area (Å²) in [7, 11) is -2.67. The van der Waals surface area contributed by atoms with Crippen LogP contribution in [-0.4, -0.2) is 31.7 Å². The number of methoxy groups -OCH3 is 1. The van der Waals surface area contributed by atoms with Crippen molar-refractivity contribution >= 4 is 21.7 Å². The largest absolute Gasteiger partial charge is 0.506 e. The van der Waals surface area contributed by atoms with E-state index in [1.165, 1.54) is 31.4 Å². The van der Waals surface area contributed by atoms with Crippen LogP contribution in [0.3, 0.4) is 0 Å². The molecule has 8 heteroatoms. The molecule has 0 atom stereocenters. The minimum atomic E-state index is -4.02. The third kappa shape index (κ3) is 3.54. The second-order valence-electron chi connectivity index (χ2n) is 4.80. The number of benzene rings is 2. The first-order valence-corrected chi connectivity index (χ1v) is 7.96. The molecule has 0 unspecified atom stereocenters. The molecule has 2 aromatic rings. The van der Waals surface area contributed by atoms with E-state index in [-0.39, 0.29) is 21.9 Å². The highest BCUT2D eigenvalue weighted by molar-refractivity contribution is 7.92. The molecule has 0 saturated heterocycles. The van der Waals surface area contributed by atoms with Crippen LogP contribution in [0.4, 0.5) is 5.69 Å². The van der Waals surface area contributed by atoms with Gasteiger partial charge in [0.25, 0.3) is 10.0 Å². The zero-order valence-corrected chi connectivity index (χ0v) is 13.2. The van der Waals surface area contributed by atoms with Gasteiger partial charge in [-0.05, 0) is 42.8 Å². The van der Waals surface area contributed by atoms with E-state index in [1.54, 1.807) is 13.0 Å². The van der Waals surface area contributed by atoms with Crippen molar-refractivity contribution in [1.82, 2.24) is 0 Å². The summed E-state index contributed by atoms with van der Waals surface area (Å²) >= 11 is 0. The fourth-order valence-corrected chi connectivity index (χ4v) is 3.27. The minimum Gasteiger partial charge on any atom is -0.506 e. The Morgan fingerprint density at radius 3 is 2.43 bits per heavy atom. The first-order chi connectivity index (χ1) is 10.7. The van der Waals surface area contributed by atoms with Gasteiger partial charge in [-0.2, -0.15) is 0 Å². The van der Waals surface area contributed by atoms with Crippen LogP contribution in [0.2, 0.25) is 0 Å². The average Bonchev–Trinajstić information content (AvgIpc) is 2.49. The molecule has 0 heterocycles. The van der Waals surface area contributed by atoms with Gasteiger partial charge >= 0.3 is 5.97 Å². The topological polar surface area (TPSA) is 113 Å². The number of phenolic OH excluding ortho intramolecular Hbond substituents is 1. The number of hydrogen-bond donors (Lipinski definition) is 3. The van der Waals surface area contributed by atoms with Crippen molar-refractivity contribution in [3.05, 3.63) is 47.5 Å². The monoisotopic (exact) mass is 337 g/mol. The Bertz CT molecular complexity index is 860. The lowest BCUT2D eigenvalue weighted by molar-refractivity contribution is 0.0696. The molecule has 0 aromatic heterocycles. The fraction of sp³-hybridized carbons (Fsp3) is 0.133. The van der Waals surface area contributed by atoms with Crippen molar-refractivity contribution in [3.63, 3.8) is 0 Å². The van der Waals surface area contributed by atoms with Gasteiger partial charge in [-0.15, -0.1) is 0 Å². The van der Waals surface area contributed by atoms with Crippen LogP contribution in [-0.2, 0) is 10.0 Å². The third-order valence-corrected chi connectivity index (χ3v) is 4.48. The molecule has 0 aliphatic heterocycles. The Morgan fingerprint density at radius 2 is 1.87 bits per heavy atom. The number of sulfonamides is 1. The lowest BCUT2D eigenvalue weighted by Crippen LogP contribution is -2.14. The molecule has 0 saturated carbocycles. The Hall–Kier alpha value is -2.74. The number of aryl methyl sites for hydroxylation is 1. The van der Waals surface area contributed by atoms with E-state index in [1.807, 2.05) is 0 Å². The molecule has 0 radical (unpaired) electrons. The van der Waals surface area contributed by atoms with Gasteiger partial charge in [-0.25, -0.2) is 13.2 Å². The van der Waals surface area contributed by atoms with E-state index >= 15 is 0 Å². The number of aromatic carboxylic acids is 1. The van der Waals surface area contributed by atoms with Gasteiger partial charge in [0.05, 0.1) is 18.4 Å². The molecule has 7 nitrogen and oxygen atoms in total. The first-order valence-electron chi connectivity index (χ1n) is 6.48. The molecule has 23 heavy (non-hydrogen) atoms. The summed E-state index contributed by atoms with van der Waals surface area (Å²) in [6.07, 6.45) is 0. The van der Waals surface area contributed by atoms with Gasteiger partial charge in [0.1, 0.15) is 16.4 Å². The fourth-order valence-electron chi connectivity index (χ4n) is 1.94. The maximum absolute atomic E-state index is 12.5. The first kappa shape index (κ1) is 16.6. The van der Waals surface area contributed by atoms with Crippen molar-refractivity contribution in [3.8, 4) is 11.5 Å². The zero-order chi connectivity index (χ0) is 17.2. The Morgan fingerprint density at radius 1 is 1.17 bits per heavy atom. The highest BCUT2D eigenvalue weighted by Crippen LogP contribution is 2.30. The van der Waals surface area contributed by atoms with Gasteiger partial charge in [-0.3, -0.25) is 4.72 Å². The van der Waals surface area contributed by atoms with Gasteiger partial charge in [0.15, 0.2) is 0 Å². The average molecular weight is 337 g/mol. The molecular formula is C15H15NO6S. The van der Waals surface area contributed by atoms with E-state index < -0.39 is 21.7 Å². The summed E-state index contributed by atoms with van der Waals surface area (Å²) in [5, 5.41) is 18.7. The molecule has 3 N–H and O–H groups in total. The van der Waals surface area contributed by atoms with Crippen LogP contribution in [0.15, 0.2) is 41.3 Å². The summed E-state index contributed by atoms with van der Waals surface area (Å²) in [6.45, 7) is 1.73. The molecule has 122 valence electrons. The zero-order valence-electron chi connectivity index (χ0n) is 12.4. The van der Waals surface area contributed by atoms with Crippen LogP contribution < -0.4 is 9.46 Å². The van der Waals surface area contributed by atoms with Gasteiger partial charge < -0.3 is 14.9 Å². The van der Waals surface area contributed by atoms with Gasteiger partial charge in [0, 0.05) is 0 Å². The lowest BCUT2D eigenvalue weighted by atomic mass is 10.2. The molecule has 0 fully saturated rings. The number of phenols is 1. The van der Waals surface area contributed by atoms with E-state index in [2.05, 4.69) is 4.72 Å². The standard InChI is InChI=1S/C15H15NO6S/c1-9-3-6-13(22-2)14(7-9)23(20,21)16-11-5-4-10(15(18)19)8-12(11)17/h3-8,16-17H,1-2H3,(H,18,19). The Kier molecular flexibility index (Phi) is 4.46. The number of carbonyl (C=O) groups is 1. The van der Waals surface area contributed by atoms with E-state index in [0.29, 0.717) is 0 Å². The maximum atomic E-state index is 12.5. The smallest absolute Gasteiger partial charge is 0.335 e. The number of anilines is 1. The Labute approximate surface area is 133 Å². The number of carboxylic acid groups (broad SMARTS) is 1. The van der Waals surface area contributed by atoms with Crippen LogP contribution in [0.5, 0.6) is 11.5 Å². The van der Waals surface area contributed by atoms with Crippen LogP contribution in [0, 0.1) is 6.92 Å². The summed E-state index contributed by atoms with van der Waals surface area (Å²) in [4.78, 5) is 10.7. The molecule has 0 spiro atoms. The second kappa shape index (κ2) is 6.17. The summed E-state index contributed by atoms with van der Waals surface area (Å²) < 4.78 is 32.2. The van der Waals surface area contributed by atoms with Crippen LogP contribution in [0.1, 0.15) is 15.9 Å². The van der Waals surface area contributed by atoms with E-state index in [4.69, 9.17) is 9.84 Å². The molecule has 0 aliphatic rings. The number of ether oxygens (including phenoxy) is 1. The van der Waals surface area contributed by atoms with Gasteiger partial charge in [-0.1, -0.05) is 6.07 Å². The van der Waals surface area contributed by atoms with Crippen molar-refractivity contribution in [2.45, 2.75) is 11.8 Å². The van der Waals surface area contributed by atoms with Gasteiger partial charge in [0.2, 0.25) is 0 Å². The minimum absolute atomic E-state index is 0.0817. The summed E-state index contributed by atoms with van der Waals surface area (Å²) in [6, 6.07) is 8.00. The summed E-state index contributed by atoms with van der Waals surface area (Å²) in [5.74, 6) is -1.56. The SMILES string of the molecule is COc1ccc(C)cc1S(=O)(=O)Nc1ccc(C(=O)O)cc1O. The number of hydrogen-bond acceptors (Lipinski definition) is 5. The van der Waals surface area contributed by atoms with Crippen LogP contribution in [0.25, 0.3) is 0 Å². The Balaban J connectivity index is 2.43. The predicted octanol–water partition coefficient (Wildman–Crippen LogP) is 2.21. The van der Waals surface area contributed by atoms with Crippen molar-refractivity contribution in [1.29, 1.82) is 0 Å². The molecule has 0 amide bonds. The van der Waals surface area contributed by atoms with Crippen LogP contribution >= 0.6 is 0 Å². The summed E-state index contributed by atoms with van der Waals surface area (Å²) in [5.41, 5.74) is 0.439. The number of aromatic hydroxyl groups is 1. The van der Waals surface area contributed by atoms with Crippen molar-refractivity contribution < 1.29 is 28.2 Å².